The maximum absolute atomic E-state index is 14.4. The highest BCUT2D eigenvalue weighted by atomic mass is 79.9. The van der Waals surface area contributed by atoms with Crippen molar-refractivity contribution in [3.05, 3.63) is 67.9 Å². The van der Waals surface area contributed by atoms with E-state index < -0.39 is 0 Å². The second-order valence-corrected chi connectivity index (χ2v) is 6.46. The fourth-order valence-electron chi connectivity index (χ4n) is 2.55. The molecule has 1 atom stereocenters. The zero-order chi connectivity index (χ0) is 15.6. The van der Waals surface area contributed by atoms with Gasteiger partial charge in [-0.3, -0.25) is 0 Å². The van der Waals surface area contributed by atoms with E-state index in [4.69, 9.17) is 11.6 Å². The predicted molar refractivity (Wildman–Crippen MR) is 90.5 cm³/mol. The lowest BCUT2D eigenvalue weighted by atomic mass is 9.95. The average molecular weight is 371 g/mol. The van der Waals surface area contributed by atoms with E-state index in [1.807, 2.05) is 20.8 Å². The van der Waals surface area contributed by atoms with Crippen molar-refractivity contribution in [2.75, 3.05) is 6.54 Å². The SMILES string of the molecule is CCNC(c1cc(C)cc(C)c1)c1cc(Cl)c(Br)cc1F. The van der Waals surface area contributed by atoms with Crippen molar-refractivity contribution in [3.63, 3.8) is 0 Å². The number of nitrogens with one attached hydrogen (secondary N) is 1. The van der Waals surface area contributed by atoms with Crippen LogP contribution in [0.5, 0.6) is 0 Å². The van der Waals surface area contributed by atoms with Crippen LogP contribution in [0.15, 0.2) is 34.8 Å². The fourth-order valence-corrected chi connectivity index (χ4v) is 3.03. The zero-order valence-electron chi connectivity index (χ0n) is 12.3. The van der Waals surface area contributed by atoms with Gasteiger partial charge in [0.25, 0.3) is 0 Å². The normalized spacial score (nSPS) is 12.5. The monoisotopic (exact) mass is 369 g/mol. The summed E-state index contributed by atoms with van der Waals surface area (Å²) in [5, 5.41) is 3.86. The summed E-state index contributed by atoms with van der Waals surface area (Å²) >= 11 is 9.39. The van der Waals surface area contributed by atoms with Crippen LogP contribution in [-0.4, -0.2) is 6.54 Å². The Kier molecular flexibility index (Phi) is 5.42. The molecule has 0 heterocycles. The third-order valence-electron chi connectivity index (χ3n) is 3.34. The minimum atomic E-state index is -0.267. The van der Waals surface area contributed by atoms with Crippen molar-refractivity contribution in [2.45, 2.75) is 26.8 Å². The molecule has 112 valence electrons. The molecule has 0 amide bonds. The number of hydrogen-bond acceptors (Lipinski definition) is 1. The van der Waals surface area contributed by atoms with E-state index in [0.717, 1.165) is 23.2 Å². The Bertz CT molecular complexity index is 637. The third-order valence-corrected chi connectivity index (χ3v) is 4.53. The molecule has 2 aromatic carbocycles. The number of rotatable bonds is 4. The van der Waals surface area contributed by atoms with Gasteiger partial charge < -0.3 is 5.32 Å². The van der Waals surface area contributed by atoms with Crippen molar-refractivity contribution in [3.8, 4) is 0 Å². The van der Waals surface area contributed by atoms with Gasteiger partial charge in [0.1, 0.15) is 5.82 Å². The van der Waals surface area contributed by atoms with Crippen molar-refractivity contribution < 1.29 is 4.39 Å². The summed E-state index contributed by atoms with van der Waals surface area (Å²) in [7, 11) is 0. The minimum absolute atomic E-state index is 0.209. The molecule has 2 rings (SSSR count). The highest BCUT2D eigenvalue weighted by Crippen LogP contribution is 2.32. The molecule has 0 aromatic heterocycles. The van der Waals surface area contributed by atoms with E-state index in [2.05, 4.69) is 39.4 Å². The smallest absolute Gasteiger partial charge is 0.129 e. The Labute approximate surface area is 138 Å². The zero-order valence-corrected chi connectivity index (χ0v) is 14.6. The molecule has 0 saturated carbocycles. The van der Waals surface area contributed by atoms with Crippen molar-refractivity contribution in [1.82, 2.24) is 5.32 Å². The van der Waals surface area contributed by atoms with Crippen LogP contribution in [-0.2, 0) is 0 Å². The van der Waals surface area contributed by atoms with Gasteiger partial charge in [-0.2, -0.15) is 0 Å². The average Bonchev–Trinajstić information content (AvgIpc) is 2.39. The fraction of sp³-hybridized carbons (Fsp3) is 0.294. The van der Waals surface area contributed by atoms with Crippen LogP contribution in [0.3, 0.4) is 0 Å². The topological polar surface area (TPSA) is 12.0 Å². The minimum Gasteiger partial charge on any atom is -0.306 e. The Morgan fingerprint density at radius 1 is 1.14 bits per heavy atom. The Morgan fingerprint density at radius 2 is 1.76 bits per heavy atom. The van der Waals surface area contributed by atoms with E-state index >= 15 is 0 Å². The number of halogens is 3. The second kappa shape index (κ2) is 6.91. The summed E-state index contributed by atoms with van der Waals surface area (Å²) in [5.74, 6) is -0.267. The molecule has 1 N–H and O–H groups in total. The van der Waals surface area contributed by atoms with Crippen LogP contribution in [0.4, 0.5) is 4.39 Å². The summed E-state index contributed by atoms with van der Waals surface area (Å²) in [5.41, 5.74) is 3.94. The Balaban J connectivity index is 2.55. The molecule has 0 aliphatic rings. The van der Waals surface area contributed by atoms with Gasteiger partial charge in [0.05, 0.1) is 11.1 Å². The lowest BCUT2D eigenvalue weighted by molar-refractivity contribution is 0.558. The molecule has 4 heteroatoms. The first-order valence-corrected chi connectivity index (χ1v) is 8.05. The molecule has 0 bridgehead atoms. The largest absolute Gasteiger partial charge is 0.306 e. The number of hydrogen-bond donors (Lipinski definition) is 1. The highest BCUT2D eigenvalue weighted by molar-refractivity contribution is 9.10. The highest BCUT2D eigenvalue weighted by Gasteiger charge is 2.19. The van der Waals surface area contributed by atoms with Crippen LogP contribution >= 0.6 is 27.5 Å². The first kappa shape index (κ1) is 16.5. The molecule has 21 heavy (non-hydrogen) atoms. The van der Waals surface area contributed by atoms with E-state index in [1.54, 1.807) is 6.07 Å². The van der Waals surface area contributed by atoms with E-state index in [-0.39, 0.29) is 11.9 Å². The first-order chi connectivity index (χ1) is 9.92. The van der Waals surface area contributed by atoms with Gasteiger partial charge >= 0.3 is 0 Å². The van der Waals surface area contributed by atoms with Gasteiger partial charge in [-0.1, -0.05) is 47.9 Å². The predicted octanol–water partition coefficient (Wildman–Crippen LogP) is 5.56. The van der Waals surface area contributed by atoms with Crippen LogP contribution in [0.2, 0.25) is 5.02 Å². The maximum Gasteiger partial charge on any atom is 0.129 e. The summed E-state index contributed by atoms with van der Waals surface area (Å²) in [4.78, 5) is 0. The maximum atomic E-state index is 14.4. The summed E-state index contributed by atoms with van der Waals surface area (Å²) in [6.45, 7) is 6.84. The quantitative estimate of drug-likeness (QED) is 0.695. The van der Waals surface area contributed by atoms with E-state index in [0.29, 0.717) is 15.1 Å². The van der Waals surface area contributed by atoms with Crippen LogP contribution in [0.25, 0.3) is 0 Å². The van der Waals surface area contributed by atoms with Crippen molar-refractivity contribution >= 4 is 27.5 Å². The van der Waals surface area contributed by atoms with Crippen molar-refractivity contribution in [2.24, 2.45) is 0 Å². The molecule has 0 radical (unpaired) electrons. The molecule has 0 aliphatic heterocycles. The van der Waals surface area contributed by atoms with Crippen molar-refractivity contribution in [1.29, 1.82) is 0 Å². The summed E-state index contributed by atoms with van der Waals surface area (Å²) in [6, 6.07) is 9.17. The van der Waals surface area contributed by atoms with Crippen LogP contribution in [0.1, 0.15) is 35.2 Å². The van der Waals surface area contributed by atoms with Gasteiger partial charge in [-0.05, 0) is 54.0 Å². The number of aryl methyl sites for hydroxylation is 2. The molecule has 1 unspecified atom stereocenters. The molecule has 0 aliphatic carbocycles. The van der Waals surface area contributed by atoms with Crippen LogP contribution in [0, 0.1) is 19.7 Å². The Morgan fingerprint density at radius 3 is 2.33 bits per heavy atom. The van der Waals surface area contributed by atoms with Crippen LogP contribution < -0.4 is 5.32 Å². The Hall–Kier alpha value is -0.900. The molecular weight excluding hydrogens is 353 g/mol. The molecule has 1 nitrogen and oxygen atoms in total. The molecule has 0 fully saturated rings. The first-order valence-electron chi connectivity index (χ1n) is 6.88. The lowest BCUT2D eigenvalue weighted by Crippen LogP contribution is -2.23. The van der Waals surface area contributed by atoms with Gasteiger partial charge in [0.2, 0.25) is 0 Å². The van der Waals surface area contributed by atoms with Gasteiger partial charge in [0, 0.05) is 10.0 Å². The van der Waals surface area contributed by atoms with Gasteiger partial charge in [-0.25, -0.2) is 4.39 Å². The molecule has 2 aromatic rings. The van der Waals surface area contributed by atoms with E-state index in [1.165, 1.54) is 6.07 Å². The lowest BCUT2D eigenvalue weighted by Gasteiger charge is -2.21. The van der Waals surface area contributed by atoms with E-state index in [9.17, 15) is 4.39 Å². The summed E-state index contributed by atoms with van der Waals surface area (Å²) < 4.78 is 14.9. The molecule has 0 saturated heterocycles. The summed E-state index contributed by atoms with van der Waals surface area (Å²) in [6.07, 6.45) is 0. The number of benzene rings is 2. The second-order valence-electron chi connectivity index (χ2n) is 5.20. The third kappa shape index (κ3) is 3.85. The van der Waals surface area contributed by atoms with Gasteiger partial charge in [0.15, 0.2) is 0 Å². The molecular formula is C17H18BrClFN. The standard InChI is InChI=1S/C17H18BrClFN/c1-4-21-17(12-6-10(2)5-11(3)7-12)13-8-15(19)14(18)9-16(13)20/h5-9,17,21H,4H2,1-3H3. The molecule has 0 spiro atoms. The van der Waals surface area contributed by atoms with Gasteiger partial charge in [-0.15, -0.1) is 0 Å².